The number of rotatable bonds is 7. The molecule has 124 valence electrons. The quantitative estimate of drug-likeness (QED) is 0.854. The van der Waals surface area contributed by atoms with E-state index in [0.29, 0.717) is 12.3 Å². The number of para-hydroxylation sites is 1. The summed E-state index contributed by atoms with van der Waals surface area (Å²) in [6.07, 6.45) is 4.98. The topological polar surface area (TPSA) is 56.1 Å². The Morgan fingerprint density at radius 3 is 2.70 bits per heavy atom. The Balaban J connectivity index is 2.30. The molecule has 1 heterocycles. The minimum Gasteiger partial charge on any atom is -0.496 e. The van der Waals surface area contributed by atoms with E-state index < -0.39 is 0 Å². The van der Waals surface area contributed by atoms with Gasteiger partial charge in [0.05, 0.1) is 7.11 Å². The molecule has 1 aromatic heterocycles. The van der Waals surface area contributed by atoms with Gasteiger partial charge >= 0.3 is 0 Å². The predicted octanol–water partition coefficient (Wildman–Crippen LogP) is 3.07. The first-order valence-electron chi connectivity index (χ1n) is 7.92. The van der Waals surface area contributed by atoms with Crippen molar-refractivity contribution in [3.63, 3.8) is 0 Å². The third-order valence-electron chi connectivity index (χ3n) is 3.82. The number of imidazole rings is 1. The van der Waals surface area contributed by atoms with Crippen molar-refractivity contribution in [1.29, 1.82) is 0 Å². The first-order chi connectivity index (χ1) is 11.0. The molecule has 2 rings (SSSR count). The zero-order valence-electron chi connectivity index (χ0n) is 14.2. The van der Waals surface area contributed by atoms with E-state index in [4.69, 9.17) is 4.74 Å². The SMILES string of the molecule is COc1ccccc1C(NC(=O)CCC(C)C)c1nccn1C. The lowest BCUT2D eigenvalue weighted by Crippen LogP contribution is -2.31. The number of hydrogen-bond acceptors (Lipinski definition) is 3. The fourth-order valence-corrected chi connectivity index (χ4v) is 2.49. The zero-order chi connectivity index (χ0) is 16.8. The summed E-state index contributed by atoms with van der Waals surface area (Å²) >= 11 is 0. The number of hydrogen-bond donors (Lipinski definition) is 1. The van der Waals surface area contributed by atoms with Crippen LogP contribution in [0.4, 0.5) is 0 Å². The van der Waals surface area contributed by atoms with Crippen molar-refractivity contribution in [1.82, 2.24) is 14.9 Å². The lowest BCUT2D eigenvalue weighted by Gasteiger charge is -2.21. The molecule has 1 unspecified atom stereocenters. The summed E-state index contributed by atoms with van der Waals surface area (Å²) in [5, 5.41) is 3.10. The number of ether oxygens (including phenoxy) is 1. The molecule has 23 heavy (non-hydrogen) atoms. The lowest BCUT2D eigenvalue weighted by atomic mass is 10.0. The minimum absolute atomic E-state index is 0.0256. The summed E-state index contributed by atoms with van der Waals surface area (Å²) in [6.45, 7) is 4.23. The van der Waals surface area contributed by atoms with Crippen LogP contribution in [0.15, 0.2) is 36.7 Å². The molecular weight excluding hydrogens is 290 g/mol. The number of amides is 1. The van der Waals surface area contributed by atoms with Gasteiger partial charge in [0.25, 0.3) is 0 Å². The summed E-state index contributed by atoms with van der Waals surface area (Å²) in [4.78, 5) is 16.8. The van der Waals surface area contributed by atoms with Crippen molar-refractivity contribution in [3.8, 4) is 5.75 Å². The van der Waals surface area contributed by atoms with E-state index in [1.165, 1.54) is 0 Å². The van der Waals surface area contributed by atoms with Gasteiger partial charge in [0.2, 0.25) is 5.91 Å². The Morgan fingerprint density at radius 1 is 1.35 bits per heavy atom. The zero-order valence-corrected chi connectivity index (χ0v) is 14.2. The van der Waals surface area contributed by atoms with Crippen molar-refractivity contribution < 1.29 is 9.53 Å². The maximum Gasteiger partial charge on any atom is 0.220 e. The molecule has 5 nitrogen and oxygen atoms in total. The van der Waals surface area contributed by atoms with Crippen LogP contribution < -0.4 is 10.1 Å². The standard InChI is InChI=1S/C18H25N3O2/c1-13(2)9-10-16(22)20-17(18-19-11-12-21(18)3)14-7-5-6-8-15(14)23-4/h5-8,11-13,17H,9-10H2,1-4H3,(H,20,22). The Hall–Kier alpha value is -2.30. The Bertz CT molecular complexity index is 649. The van der Waals surface area contributed by atoms with Gasteiger partial charge < -0.3 is 14.6 Å². The molecule has 0 spiro atoms. The first kappa shape index (κ1) is 17.1. The average molecular weight is 315 g/mol. The van der Waals surface area contributed by atoms with E-state index in [-0.39, 0.29) is 11.9 Å². The van der Waals surface area contributed by atoms with Gasteiger partial charge in [-0.2, -0.15) is 0 Å². The van der Waals surface area contributed by atoms with E-state index in [1.807, 2.05) is 42.1 Å². The van der Waals surface area contributed by atoms with E-state index in [9.17, 15) is 4.79 Å². The number of aryl methyl sites for hydroxylation is 1. The van der Waals surface area contributed by atoms with Crippen molar-refractivity contribution in [3.05, 3.63) is 48.0 Å². The molecule has 0 radical (unpaired) electrons. The normalized spacial score (nSPS) is 12.2. The molecule has 0 saturated carbocycles. The van der Waals surface area contributed by atoms with Gasteiger partial charge in [0.15, 0.2) is 0 Å². The van der Waals surface area contributed by atoms with Crippen LogP contribution in [-0.4, -0.2) is 22.6 Å². The summed E-state index contributed by atoms with van der Waals surface area (Å²) in [5.74, 6) is 2.05. The fraction of sp³-hybridized carbons (Fsp3) is 0.444. The molecule has 0 bridgehead atoms. The molecule has 0 saturated heterocycles. The number of methoxy groups -OCH3 is 1. The Morgan fingerprint density at radius 2 is 2.09 bits per heavy atom. The van der Waals surface area contributed by atoms with Crippen LogP contribution in [0.3, 0.4) is 0 Å². The van der Waals surface area contributed by atoms with Crippen LogP contribution in [0.5, 0.6) is 5.75 Å². The van der Waals surface area contributed by atoms with Gasteiger partial charge in [-0.25, -0.2) is 4.98 Å². The van der Waals surface area contributed by atoms with Gasteiger partial charge in [-0.3, -0.25) is 4.79 Å². The first-order valence-corrected chi connectivity index (χ1v) is 7.92. The summed E-state index contributed by atoms with van der Waals surface area (Å²) in [7, 11) is 3.56. The van der Waals surface area contributed by atoms with Crippen molar-refractivity contribution >= 4 is 5.91 Å². The Kier molecular flexibility index (Phi) is 5.79. The number of nitrogens with one attached hydrogen (secondary N) is 1. The molecule has 1 aromatic carbocycles. The van der Waals surface area contributed by atoms with Crippen LogP contribution in [0.1, 0.15) is 44.1 Å². The Labute approximate surface area is 137 Å². The van der Waals surface area contributed by atoms with Gasteiger partial charge in [-0.15, -0.1) is 0 Å². The average Bonchev–Trinajstić information content (AvgIpc) is 2.96. The van der Waals surface area contributed by atoms with Crippen molar-refractivity contribution in [2.24, 2.45) is 13.0 Å². The van der Waals surface area contributed by atoms with E-state index >= 15 is 0 Å². The van der Waals surface area contributed by atoms with Gasteiger partial charge in [-0.1, -0.05) is 32.0 Å². The minimum atomic E-state index is -0.328. The van der Waals surface area contributed by atoms with Crippen LogP contribution >= 0.6 is 0 Å². The van der Waals surface area contributed by atoms with Crippen LogP contribution in [0.2, 0.25) is 0 Å². The molecular formula is C18H25N3O2. The highest BCUT2D eigenvalue weighted by molar-refractivity contribution is 5.77. The number of carbonyl (C=O) groups is 1. The molecule has 0 fully saturated rings. The van der Waals surface area contributed by atoms with Crippen molar-refractivity contribution in [2.45, 2.75) is 32.7 Å². The number of benzene rings is 1. The van der Waals surface area contributed by atoms with E-state index in [2.05, 4.69) is 24.1 Å². The predicted molar refractivity (Wildman–Crippen MR) is 90.3 cm³/mol. The summed E-state index contributed by atoms with van der Waals surface area (Å²) < 4.78 is 7.37. The smallest absolute Gasteiger partial charge is 0.220 e. The third kappa shape index (κ3) is 4.34. The third-order valence-corrected chi connectivity index (χ3v) is 3.82. The van der Waals surface area contributed by atoms with Crippen LogP contribution in [0.25, 0.3) is 0 Å². The maximum absolute atomic E-state index is 12.3. The number of aromatic nitrogens is 2. The second-order valence-electron chi connectivity index (χ2n) is 6.07. The highest BCUT2D eigenvalue weighted by atomic mass is 16.5. The summed E-state index contributed by atoms with van der Waals surface area (Å²) in [6, 6.07) is 7.38. The van der Waals surface area contributed by atoms with Gasteiger partial charge in [0.1, 0.15) is 17.6 Å². The lowest BCUT2D eigenvalue weighted by molar-refractivity contribution is -0.121. The highest BCUT2D eigenvalue weighted by Crippen LogP contribution is 2.29. The molecule has 1 N–H and O–H groups in total. The second-order valence-corrected chi connectivity index (χ2v) is 6.07. The number of carbonyl (C=O) groups excluding carboxylic acids is 1. The largest absolute Gasteiger partial charge is 0.496 e. The van der Waals surface area contributed by atoms with E-state index in [1.54, 1.807) is 13.3 Å². The maximum atomic E-state index is 12.3. The number of nitrogens with zero attached hydrogens (tertiary/aromatic N) is 2. The molecule has 0 aliphatic rings. The monoisotopic (exact) mass is 315 g/mol. The molecule has 2 aromatic rings. The molecule has 0 aliphatic heterocycles. The van der Waals surface area contributed by atoms with Gasteiger partial charge in [0, 0.05) is 31.4 Å². The van der Waals surface area contributed by atoms with Crippen LogP contribution in [0, 0.1) is 5.92 Å². The van der Waals surface area contributed by atoms with Crippen molar-refractivity contribution in [2.75, 3.05) is 7.11 Å². The second kappa shape index (κ2) is 7.81. The highest BCUT2D eigenvalue weighted by Gasteiger charge is 2.23. The van der Waals surface area contributed by atoms with Gasteiger partial charge in [-0.05, 0) is 18.4 Å². The molecule has 1 amide bonds. The molecule has 5 heteroatoms. The fourth-order valence-electron chi connectivity index (χ4n) is 2.49. The molecule has 1 atom stereocenters. The van der Waals surface area contributed by atoms with Crippen LogP contribution in [-0.2, 0) is 11.8 Å². The van der Waals surface area contributed by atoms with E-state index in [0.717, 1.165) is 23.6 Å². The molecule has 0 aliphatic carbocycles. The summed E-state index contributed by atoms with van der Waals surface area (Å²) in [5.41, 5.74) is 0.905.